The minimum absolute atomic E-state index is 0.0392. The van der Waals surface area contributed by atoms with Crippen molar-refractivity contribution < 1.29 is 17.6 Å². The molecule has 0 saturated carbocycles. The molecule has 0 aliphatic heterocycles. The van der Waals surface area contributed by atoms with Crippen LogP contribution in [0, 0.1) is 17.1 Å². The van der Waals surface area contributed by atoms with Crippen molar-refractivity contribution in [3.05, 3.63) is 35.1 Å². The van der Waals surface area contributed by atoms with Gasteiger partial charge in [0, 0.05) is 6.54 Å². The predicted octanol–water partition coefficient (Wildman–Crippen LogP) is 3.08. The van der Waals surface area contributed by atoms with Crippen LogP contribution < -0.4 is 0 Å². The van der Waals surface area contributed by atoms with Gasteiger partial charge in [-0.1, -0.05) is 6.92 Å². The van der Waals surface area contributed by atoms with Crippen LogP contribution in [0.15, 0.2) is 18.2 Å². The third kappa shape index (κ3) is 4.72. The molecule has 0 aromatic heterocycles. The SMILES string of the molecule is CCN(Cc1cc(F)cc(C#N)c1)CC(F)(F)F. The smallest absolute Gasteiger partial charge is 0.291 e. The average Bonchev–Trinajstić information content (AvgIpc) is 2.25. The Labute approximate surface area is 102 Å². The molecule has 1 aromatic carbocycles. The summed E-state index contributed by atoms with van der Waals surface area (Å²) < 4.78 is 49.9. The van der Waals surface area contributed by atoms with Crippen molar-refractivity contribution in [3.63, 3.8) is 0 Å². The van der Waals surface area contributed by atoms with E-state index in [1.807, 2.05) is 0 Å². The summed E-state index contributed by atoms with van der Waals surface area (Å²) in [6, 6.07) is 5.34. The van der Waals surface area contributed by atoms with Crippen LogP contribution in [0.4, 0.5) is 17.6 Å². The van der Waals surface area contributed by atoms with E-state index in [1.165, 1.54) is 6.07 Å². The minimum atomic E-state index is -4.29. The van der Waals surface area contributed by atoms with Gasteiger partial charge in [0.1, 0.15) is 5.82 Å². The van der Waals surface area contributed by atoms with Crippen LogP contribution in [0.5, 0.6) is 0 Å². The molecule has 1 aromatic rings. The summed E-state index contributed by atoms with van der Waals surface area (Å²) >= 11 is 0. The summed E-state index contributed by atoms with van der Waals surface area (Å²) in [6.45, 7) is 0.693. The van der Waals surface area contributed by atoms with E-state index in [2.05, 4.69) is 0 Å². The number of nitriles is 1. The Hall–Kier alpha value is -1.61. The summed E-state index contributed by atoms with van der Waals surface area (Å²) in [5.74, 6) is -0.618. The number of halogens is 4. The summed E-state index contributed by atoms with van der Waals surface area (Å²) in [5, 5.41) is 8.65. The zero-order chi connectivity index (χ0) is 13.8. The molecule has 0 heterocycles. The molecular formula is C12H12F4N2. The van der Waals surface area contributed by atoms with Gasteiger partial charge in [0.2, 0.25) is 0 Å². The van der Waals surface area contributed by atoms with Crippen LogP contribution in [0.25, 0.3) is 0 Å². The van der Waals surface area contributed by atoms with E-state index in [1.54, 1.807) is 13.0 Å². The Bertz CT molecular complexity index is 448. The van der Waals surface area contributed by atoms with Gasteiger partial charge in [-0.25, -0.2) is 4.39 Å². The molecule has 0 amide bonds. The standard InChI is InChI=1S/C12H12F4N2/c1-2-18(8-12(14,15)16)7-10-3-9(6-17)4-11(13)5-10/h3-5H,2,7-8H2,1H3. The Balaban J connectivity index is 2.82. The first kappa shape index (κ1) is 14.5. The first-order valence-corrected chi connectivity index (χ1v) is 5.32. The molecule has 18 heavy (non-hydrogen) atoms. The lowest BCUT2D eigenvalue weighted by Gasteiger charge is -2.21. The maximum Gasteiger partial charge on any atom is 0.401 e. The van der Waals surface area contributed by atoms with Crippen molar-refractivity contribution in [1.82, 2.24) is 4.90 Å². The van der Waals surface area contributed by atoms with Crippen molar-refractivity contribution in [2.45, 2.75) is 19.6 Å². The van der Waals surface area contributed by atoms with Crippen LogP contribution in [0.1, 0.15) is 18.1 Å². The normalized spacial score (nSPS) is 11.6. The van der Waals surface area contributed by atoms with Gasteiger partial charge in [0.15, 0.2) is 0 Å². The van der Waals surface area contributed by atoms with E-state index < -0.39 is 18.5 Å². The highest BCUT2D eigenvalue weighted by Crippen LogP contribution is 2.18. The van der Waals surface area contributed by atoms with Crippen molar-refractivity contribution >= 4 is 0 Å². The van der Waals surface area contributed by atoms with Crippen molar-refractivity contribution in [1.29, 1.82) is 5.26 Å². The quantitative estimate of drug-likeness (QED) is 0.778. The molecule has 0 spiro atoms. The van der Waals surface area contributed by atoms with E-state index in [9.17, 15) is 17.6 Å². The van der Waals surface area contributed by atoms with Crippen LogP contribution in [0.2, 0.25) is 0 Å². The summed E-state index contributed by atoms with van der Waals surface area (Å²) in [4.78, 5) is 1.13. The van der Waals surface area contributed by atoms with E-state index in [4.69, 9.17) is 5.26 Å². The summed E-state index contributed by atoms with van der Waals surface area (Å²) in [5.41, 5.74) is 0.464. The van der Waals surface area contributed by atoms with Gasteiger partial charge in [-0.3, -0.25) is 4.90 Å². The van der Waals surface area contributed by atoms with Gasteiger partial charge in [-0.15, -0.1) is 0 Å². The molecular weight excluding hydrogens is 248 g/mol. The van der Waals surface area contributed by atoms with E-state index >= 15 is 0 Å². The zero-order valence-corrected chi connectivity index (χ0v) is 9.76. The minimum Gasteiger partial charge on any atom is -0.291 e. The van der Waals surface area contributed by atoms with E-state index in [0.29, 0.717) is 5.56 Å². The molecule has 0 fully saturated rings. The second-order valence-corrected chi connectivity index (χ2v) is 3.88. The third-order valence-electron chi connectivity index (χ3n) is 2.34. The van der Waals surface area contributed by atoms with Gasteiger partial charge in [-0.2, -0.15) is 18.4 Å². The van der Waals surface area contributed by atoms with Crippen LogP contribution in [-0.4, -0.2) is 24.2 Å². The molecule has 0 aliphatic rings. The molecule has 0 unspecified atom stereocenters. The fraction of sp³-hybridized carbons (Fsp3) is 0.417. The average molecular weight is 260 g/mol. The highest BCUT2D eigenvalue weighted by atomic mass is 19.4. The highest BCUT2D eigenvalue weighted by Gasteiger charge is 2.30. The van der Waals surface area contributed by atoms with Gasteiger partial charge in [0.05, 0.1) is 18.2 Å². The first-order chi connectivity index (χ1) is 8.34. The third-order valence-corrected chi connectivity index (χ3v) is 2.34. The number of hydrogen-bond donors (Lipinski definition) is 0. The van der Waals surface area contributed by atoms with Gasteiger partial charge in [-0.05, 0) is 30.3 Å². The molecule has 0 bridgehead atoms. The zero-order valence-electron chi connectivity index (χ0n) is 9.76. The maximum absolute atomic E-state index is 13.1. The number of benzene rings is 1. The largest absolute Gasteiger partial charge is 0.401 e. The van der Waals surface area contributed by atoms with Crippen LogP contribution in [-0.2, 0) is 6.54 Å². The second kappa shape index (κ2) is 5.83. The molecule has 6 heteroatoms. The lowest BCUT2D eigenvalue weighted by Crippen LogP contribution is -2.33. The fourth-order valence-corrected chi connectivity index (χ4v) is 1.60. The Morgan fingerprint density at radius 3 is 2.44 bits per heavy atom. The first-order valence-electron chi connectivity index (χ1n) is 5.32. The fourth-order valence-electron chi connectivity index (χ4n) is 1.60. The monoisotopic (exact) mass is 260 g/mol. The highest BCUT2D eigenvalue weighted by molar-refractivity contribution is 5.33. The summed E-state index contributed by atoms with van der Waals surface area (Å²) in [7, 11) is 0. The second-order valence-electron chi connectivity index (χ2n) is 3.88. The number of hydrogen-bond acceptors (Lipinski definition) is 2. The number of nitrogens with zero attached hydrogens (tertiary/aromatic N) is 2. The lowest BCUT2D eigenvalue weighted by molar-refractivity contribution is -0.146. The topological polar surface area (TPSA) is 27.0 Å². The molecule has 0 saturated heterocycles. The van der Waals surface area contributed by atoms with E-state index in [0.717, 1.165) is 17.0 Å². The summed E-state index contributed by atoms with van der Waals surface area (Å²) in [6.07, 6.45) is -4.29. The molecule has 0 aliphatic carbocycles. The molecule has 0 radical (unpaired) electrons. The van der Waals surface area contributed by atoms with Crippen molar-refractivity contribution in [2.24, 2.45) is 0 Å². The predicted molar refractivity (Wildman–Crippen MR) is 58.1 cm³/mol. The van der Waals surface area contributed by atoms with Gasteiger partial charge < -0.3 is 0 Å². The lowest BCUT2D eigenvalue weighted by atomic mass is 10.1. The maximum atomic E-state index is 13.1. The van der Waals surface area contributed by atoms with E-state index in [-0.39, 0.29) is 18.7 Å². The molecule has 0 N–H and O–H groups in total. The van der Waals surface area contributed by atoms with Gasteiger partial charge in [0.25, 0.3) is 0 Å². The Morgan fingerprint density at radius 2 is 1.94 bits per heavy atom. The van der Waals surface area contributed by atoms with Crippen molar-refractivity contribution in [2.75, 3.05) is 13.1 Å². The van der Waals surface area contributed by atoms with Crippen molar-refractivity contribution in [3.8, 4) is 6.07 Å². The number of alkyl halides is 3. The Kier molecular flexibility index (Phi) is 4.68. The Morgan fingerprint density at radius 1 is 1.28 bits per heavy atom. The molecule has 1 rings (SSSR count). The van der Waals surface area contributed by atoms with Gasteiger partial charge >= 0.3 is 6.18 Å². The van der Waals surface area contributed by atoms with Crippen LogP contribution >= 0.6 is 0 Å². The molecule has 0 atom stereocenters. The molecule has 98 valence electrons. The number of rotatable bonds is 4. The molecule has 2 nitrogen and oxygen atoms in total. The van der Waals surface area contributed by atoms with Crippen LogP contribution in [0.3, 0.4) is 0 Å².